The van der Waals surface area contributed by atoms with Crippen molar-refractivity contribution in [2.75, 3.05) is 6.61 Å². The molecule has 18 heavy (non-hydrogen) atoms. The van der Waals surface area contributed by atoms with E-state index in [0.29, 0.717) is 0 Å². The quantitative estimate of drug-likeness (QED) is 0.883. The van der Waals surface area contributed by atoms with Crippen molar-refractivity contribution in [2.45, 2.75) is 57.6 Å². The van der Waals surface area contributed by atoms with Gasteiger partial charge in [-0.3, -0.25) is 0 Å². The number of rotatable bonds is 4. The summed E-state index contributed by atoms with van der Waals surface area (Å²) in [6.45, 7) is 7.65. The minimum atomic E-state index is 0.0197. The molecule has 0 amide bonds. The second kappa shape index (κ2) is 5.41. The van der Waals surface area contributed by atoms with E-state index in [2.05, 4.69) is 45.0 Å². The first kappa shape index (κ1) is 13.6. The molecule has 2 unspecified atom stereocenters. The first-order valence-electron chi connectivity index (χ1n) is 7.02. The van der Waals surface area contributed by atoms with Crippen molar-refractivity contribution < 1.29 is 4.74 Å². The van der Waals surface area contributed by atoms with Gasteiger partial charge in [-0.15, -0.1) is 0 Å². The second-order valence-electron chi connectivity index (χ2n) is 5.94. The lowest BCUT2D eigenvalue weighted by Gasteiger charge is -2.25. The van der Waals surface area contributed by atoms with Crippen LogP contribution in [-0.4, -0.2) is 12.7 Å². The van der Waals surface area contributed by atoms with E-state index in [9.17, 15) is 0 Å². The average molecular weight is 247 g/mol. The van der Waals surface area contributed by atoms with Gasteiger partial charge in [0.25, 0.3) is 0 Å². The third-order valence-electron chi connectivity index (χ3n) is 4.33. The summed E-state index contributed by atoms with van der Waals surface area (Å²) in [5.74, 6) is 0. The third kappa shape index (κ3) is 2.76. The lowest BCUT2D eigenvalue weighted by Crippen LogP contribution is -2.25. The van der Waals surface area contributed by atoms with Gasteiger partial charge in [-0.25, -0.2) is 0 Å². The third-order valence-corrected chi connectivity index (χ3v) is 4.33. The number of hydrogen-bond donors (Lipinski definition) is 1. The maximum absolute atomic E-state index is 6.27. The molecule has 1 saturated heterocycles. The Morgan fingerprint density at radius 3 is 2.50 bits per heavy atom. The standard InChI is InChI=1S/C16H25NO/c1-4-16(2,3)13-9-7-12(8-10-13)15(17)14-6-5-11-18-14/h7-10,14-15H,4-6,11,17H2,1-3H3. The minimum absolute atomic E-state index is 0.0197. The summed E-state index contributed by atoms with van der Waals surface area (Å²) in [4.78, 5) is 0. The number of nitrogens with two attached hydrogens (primary N) is 1. The van der Waals surface area contributed by atoms with Gasteiger partial charge in [0.05, 0.1) is 12.1 Å². The highest BCUT2D eigenvalue weighted by Gasteiger charge is 2.24. The normalized spacial score (nSPS) is 22.1. The molecule has 2 rings (SSSR count). The van der Waals surface area contributed by atoms with E-state index in [-0.39, 0.29) is 17.6 Å². The van der Waals surface area contributed by atoms with Gasteiger partial charge in [0.1, 0.15) is 0 Å². The second-order valence-corrected chi connectivity index (χ2v) is 5.94. The minimum Gasteiger partial charge on any atom is -0.376 e. The lowest BCUT2D eigenvalue weighted by atomic mass is 9.81. The Bertz CT molecular complexity index is 377. The predicted molar refractivity (Wildman–Crippen MR) is 75.7 cm³/mol. The first-order chi connectivity index (χ1) is 8.54. The van der Waals surface area contributed by atoms with Gasteiger partial charge in [0.2, 0.25) is 0 Å². The lowest BCUT2D eigenvalue weighted by molar-refractivity contribution is 0.0900. The van der Waals surface area contributed by atoms with Crippen LogP contribution >= 0.6 is 0 Å². The predicted octanol–water partition coefficient (Wildman–Crippen LogP) is 3.55. The van der Waals surface area contributed by atoms with Crippen LogP contribution in [0.4, 0.5) is 0 Å². The largest absolute Gasteiger partial charge is 0.376 e. The zero-order chi connectivity index (χ0) is 13.2. The van der Waals surface area contributed by atoms with Crippen molar-refractivity contribution in [1.29, 1.82) is 0 Å². The van der Waals surface area contributed by atoms with Gasteiger partial charge in [-0.05, 0) is 35.8 Å². The van der Waals surface area contributed by atoms with Crippen LogP contribution in [0.5, 0.6) is 0 Å². The van der Waals surface area contributed by atoms with Crippen LogP contribution in [0, 0.1) is 0 Å². The molecule has 1 heterocycles. The Balaban J connectivity index is 2.12. The molecule has 100 valence electrons. The van der Waals surface area contributed by atoms with Crippen LogP contribution in [0.25, 0.3) is 0 Å². The average Bonchev–Trinajstić information content (AvgIpc) is 2.92. The van der Waals surface area contributed by atoms with Gasteiger partial charge in [0, 0.05) is 6.61 Å². The molecule has 2 nitrogen and oxygen atoms in total. The summed E-state index contributed by atoms with van der Waals surface area (Å²) in [5, 5.41) is 0. The highest BCUT2D eigenvalue weighted by molar-refractivity contribution is 5.30. The summed E-state index contributed by atoms with van der Waals surface area (Å²) in [6.07, 6.45) is 3.57. The molecular formula is C16H25NO. The summed E-state index contributed by atoms with van der Waals surface area (Å²) in [5.41, 5.74) is 9.08. The van der Waals surface area contributed by atoms with Crippen LogP contribution < -0.4 is 5.73 Å². The molecule has 1 aromatic rings. The Kier molecular flexibility index (Phi) is 4.08. The van der Waals surface area contributed by atoms with Crippen molar-refractivity contribution in [3.8, 4) is 0 Å². The van der Waals surface area contributed by atoms with Crippen LogP contribution in [0.2, 0.25) is 0 Å². The van der Waals surface area contributed by atoms with Crippen molar-refractivity contribution in [3.63, 3.8) is 0 Å². The van der Waals surface area contributed by atoms with Gasteiger partial charge in [-0.2, -0.15) is 0 Å². The van der Waals surface area contributed by atoms with Gasteiger partial charge < -0.3 is 10.5 Å². The van der Waals surface area contributed by atoms with Crippen LogP contribution in [0.15, 0.2) is 24.3 Å². The van der Waals surface area contributed by atoms with Gasteiger partial charge in [-0.1, -0.05) is 45.0 Å². The molecule has 2 heteroatoms. The highest BCUT2D eigenvalue weighted by Crippen LogP contribution is 2.29. The zero-order valence-corrected chi connectivity index (χ0v) is 11.8. The van der Waals surface area contributed by atoms with Crippen molar-refractivity contribution in [3.05, 3.63) is 35.4 Å². The fourth-order valence-corrected chi connectivity index (χ4v) is 2.46. The van der Waals surface area contributed by atoms with Crippen LogP contribution in [0.3, 0.4) is 0 Å². The summed E-state index contributed by atoms with van der Waals surface area (Å²) >= 11 is 0. The maximum Gasteiger partial charge on any atom is 0.0768 e. The summed E-state index contributed by atoms with van der Waals surface area (Å²) in [6, 6.07) is 8.78. The van der Waals surface area contributed by atoms with E-state index in [1.807, 2.05) is 0 Å². The van der Waals surface area contributed by atoms with Crippen molar-refractivity contribution in [1.82, 2.24) is 0 Å². The fraction of sp³-hybridized carbons (Fsp3) is 0.625. The van der Waals surface area contributed by atoms with Crippen molar-refractivity contribution in [2.24, 2.45) is 5.73 Å². The Morgan fingerprint density at radius 1 is 1.33 bits per heavy atom. The maximum atomic E-state index is 6.27. The number of ether oxygens (including phenoxy) is 1. The molecule has 1 aromatic carbocycles. The van der Waals surface area contributed by atoms with E-state index in [1.54, 1.807) is 0 Å². The van der Waals surface area contributed by atoms with Gasteiger partial charge >= 0.3 is 0 Å². The Hall–Kier alpha value is -0.860. The monoisotopic (exact) mass is 247 g/mol. The molecule has 0 radical (unpaired) electrons. The van der Waals surface area contributed by atoms with E-state index >= 15 is 0 Å². The molecule has 1 fully saturated rings. The van der Waals surface area contributed by atoms with Gasteiger partial charge in [0.15, 0.2) is 0 Å². The molecular weight excluding hydrogens is 222 g/mol. The molecule has 2 N–H and O–H groups in total. The molecule has 0 spiro atoms. The SMILES string of the molecule is CCC(C)(C)c1ccc(C(N)C2CCCO2)cc1. The van der Waals surface area contributed by atoms with Crippen LogP contribution in [0.1, 0.15) is 57.2 Å². The highest BCUT2D eigenvalue weighted by atomic mass is 16.5. The Labute approximate surface area is 111 Å². The smallest absolute Gasteiger partial charge is 0.0768 e. The van der Waals surface area contributed by atoms with E-state index < -0.39 is 0 Å². The zero-order valence-electron chi connectivity index (χ0n) is 11.8. The molecule has 1 aliphatic rings. The summed E-state index contributed by atoms with van der Waals surface area (Å²) < 4.78 is 5.66. The molecule has 0 aliphatic carbocycles. The molecule has 0 saturated carbocycles. The van der Waals surface area contributed by atoms with Crippen LogP contribution in [-0.2, 0) is 10.2 Å². The van der Waals surface area contributed by atoms with E-state index in [1.165, 1.54) is 11.1 Å². The topological polar surface area (TPSA) is 35.2 Å². The molecule has 0 aromatic heterocycles. The summed E-state index contributed by atoms with van der Waals surface area (Å²) in [7, 11) is 0. The van der Waals surface area contributed by atoms with E-state index in [0.717, 1.165) is 25.9 Å². The molecule has 0 bridgehead atoms. The number of hydrogen-bond acceptors (Lipinski definition) is 2. The molecule has 2 atom stereocenters. The van der Waals surface area contributed by atoms with E-state index in [4.69, 9.17) is 10.5 Å². The van der Waals surface area contributed by atoms with Crippen molar-refractivity contribution >= 4 is 0 Å². The fourth-order valence-electron chi connectivity index (χ4n) is 2.46. The number of benzene rings is 1. The Morgan fingerprint density at radius 2 is 2.00 bits per heavy atom. The molecule has 1 aliphatic heterocycles. The first-order valence-corrected chi connectivity index (χ1v) is 7.02.